The number of anilines is 1. The van der Waals surface area contributed by atoms with Crippen molar-refractivity contribution in [2.75, 3.05) is 5.32 Å². The third-order valence-corrected chi connectivity index (χ3v) is 4.84. The van der Waals surface area contributed by atoms with Gasteiger partial charge in [-0.25, -0.2) is 13.6 Å². The zero-order chi connectivity index (χ0) is 19.7. The number of carboxylic acids is 1. The van der Waals surface area contributed by atoms with Crippen LogP contribution in [0.3, 0.4) is 0 Å². The molecule has 1 heterocycles. The van der Waals surface area contributed by atoms with E-state index in [9.17, 15) is 28.6 Å². The fourth-order valence-corrected chi connectivity index (χ4v) is 3.56. The van der Waals surface area contributed by atoms with Crippen molar-refractivity contribution in [1.29, 1.82) is 0 Å². The van der Waals surface area contributed by atoms with Crippen LogP contribution >= 0.6 is 11.3 Å². The summed E-state index contributed by atoms with van der Waals surface area (Å²) < 4.78 is 27.6. The fraction of sp³-hybridized carbons (Fsp3) is 0.0526. The summed E-state index contributed by atoms with van der Waals surface area (Å²) >= 11 is 0.950. The Kier molecular flexibility index (Phi) is 4.91. The molecule has 2 aromatic carbocycles. The molecule has 1 aromatic heterocycles. The molecule has 27 heavy (non-hydrogen) atoms. The number of benzene rings is 2. The molecule has 3 N–H and O–H groups in total. The maximum absolute atomic E-state index is 14.3. The van der Waals surface area contributed by atoms with Crippen molar-refractivity contribution in [3.63, 3.8) is 0 Å². The molecule has 1 amide bonds. The number of halogens is 2. The van der Waals surface area contributed by atoms with Crippen LogP contribution in [0.1, 0.15) is 26.3 Å². The number of hydrogen-bond donors (Lipinski definition) is 3. The Morgan fingerprint density at radius 1 is 1.11 bits per heavy atom. The van der Waals surface area contributed by atoms with Crippen LogP contribution in [0.25, 0.3) is 10.4 Å². The Morgan fingerprint density at radius 3 is 2.52 bits per heavy atom. The summed E-state index contributed by atoms with van der Waals surface area (Å²) in [7, 11) is 0. The van der Waals surface area contributed by atoms with Crippen LogP contribution in [0.2, 0.25) is 0 Å². The number of nitrogens with one attached hydrogen (secondary N) is 1. The molecule has 0 saturated heterocycles. The molecule has 0 bridgehead atoms. The first-order valence-corrected chi connectivity index (χ1v) is 8.57. The largest absolute Gasteiger partial charge is 0.507 e. The first-order chi connectivity index (χ1) is 12.8. The number of phenolic OH excluding ortho intramolecular Hbond substituents is 1. The number of hydrogen-bond acceptors (Lipinski definition) is 4. The molecule has 0 unspecified atom stereocenters. The summed E-state index contributed by atoms with van der Waals surface area (Å²) in [4.78, 5) is 24.2. The maximum Gasteiger partial charge on any atom is 0.339 e. The highest BCUT2D eigenvalue weighted by Crippen LogP contribution is 2.38. The van der Waals surface area contributed by atoms with E-state index in [0.717, 1.165) is 29.5 Å². The molecule has 0 atom stereocenters. The summed E-state index contributed by atoms with van der Waals surface area (Å²) in [6.07, 6.45) is 0. The highest BCUT2D eigenvalue weighted by atomic mass is 32.1. The number of aryl methyl sites for hydroxylation is 1. The van der Waals surface area contributed by atoms with Gasteiger partial charge in [-0.2, -0.15) is 0 Å². The summed E-state index contributed by atoms with van der Waals surface area (Å²) in [6.45, 7) is 1.70. The second-order valence-corrected chi connectivity index (χ2v) is 6.64. The number of carbonyl (C=O) groups is 2. The molecule has 3 rings (SSSR count). The summed E-state index contributed by atoms with van der Waals surface area (Å²) in [5.41, 5.74) is 0.0700. The van der Waals surface area contributed by atoms with Crippen LogP contribution in [-0.4, -0.2) is 22.1 Å². The van der Waals surface area contributed by atoms with Crippen LogP contribution in [0.15, 0.2) is 41.8 Å². The minimum Gasteiger partial charge on any atom is -0.507 e. The van der Waals surface area contributed by atoms with E-state index in [1.54, 1.807) is 13.0 Å². The lowest BCUT2D eigenvalue weighted by Gasteiger charge is -2.08. The van der Waals surface area contributed by atoms with Crippen LogP contribution in [0.5, 0.6) is 5.75 Å². The number of amides is 1. The zero-order valence-electron chi connectivity index (χ0n) is 13.9. The van der Waals surface area contributed by atoms with Gasteiger partial charge in [-0.15, -0.1) is 11.3 Å². The molecule has 0 fully saturated rings. The van der Waals surface area contributed by atoms with Gasteiger partial charge in [0.25, 0.3) is 5.91 Å². The van der Waals surface area contributed by atoms with E-state index in [4.69, 9.17) is 0 Å². The first-order valence-electron chi connectivity index (χ1n) is 7.69. The van der Waals surface area contributed by atoms with Crippen molar-refractivity contribution in [3.8, 4) is 16.2 Å². The lowest BCUT2D eigenvalue weighted by Crippen LogP contribution is -2.14. The highest BCUT2D eigenvalue weighted by molar-refractivity contribution is 7.14. The van der Waals surface area contributed by atoms with Crippen molar-refractivity contribution in [1.82, 2.24) is 0 Å². The van der Waals surface area contributed by atoms with Crippen molar-refractivity contribution in [3.05, 3.63) is 70.1 Å². The molecule has 0 aliphatic rings. The van der Waals surface area contributed by atoms with Gasteiger partial charge in [0, 0.05) is 10.9 Å². The Balaban J connectivity index is 2.02. The monoisotopic (exact) mass is 389 g/mol. The fourth-order valence-electron chi connectivity index (χ4n) is 2.54. The van der Waals surface area contributed by atoms with E-state index in [-0.39, 0.29) is 27.3 Å². The zero-order valence-corrected chi connectivity index (χ0v) is 14.7. The second kappa shape index (κ2) is 7.16. The van der Waals surface area contributed by atoms with Crippen molar-refractivity contribution in [2.24, 2.45) is 0 Å². The van der Waals surface area contributed by atoms with Crippen LogP contribution in [-0.2, 0) is 0 Å². The molecule has 138 valence electrons. The molecule has 0 aliphatic carbocycles. The normalized spacial score (nSPS) is 10.6. The number of rotatable bonds is 4. The molecule has 0 saturated carbocycles. The number of carboxylic acid groups (broad SMARTS) is 1. The summed E-state index contributed by atoms with van der Waals surface area (Å²) in [6, 6.07) is 7.22. The van der Waals surface area contributed by atoms with Gasteiger partial charge in [0.1, 0.15) is 22.9 Å². The number of aromatic carboxylic acids is 1. The Hall–Kier alpha value is -3.26. The molecule has 0 spiro atoms. The number of aromatic hydroxyl groups is 1. The van der Waals surface area contributed by atoms with Gasteiger partial charge in [-0.05, 0) is 36.8 Å². The Labute approximate surface area is 156 Å². The molecule has 5 nitrogen and oxygen atoms in total. The third kappa shape index (κ3) is 3.65. The van der Waals surface area contributed by atoms with E-state index in [2.05, 4.69) is 5.32 Å². The van der Waals surface area contributed by atoms with Gasteiger partial charge in [0.15, 0.2) is 0 Å². The van der Waals surface area contributed by atoms with Crippen molar-refractivity contribution < 1.29 is 28.6 Å². The van der Waals surface area contributed by atoms with Gasteiger partial charge in [-0.3, -0.25) is 4.79 Å². The average molecular weight is 389 g/mol. The van der Waals surface area contributed by atoms with Gasteiger partial charge < -0.3 is 15.5 Å². The maximum atomic E-state index is 14.3. The standard InChI is InChI=1S/C19H13F2NO4S/c1-9-2-4-11(13(21)6-9)17-16(19(25)26)14(8-27-17)22-18(24)12-7-10(20)3-5-15(12)23/h2-8,23H,1H3,(H,22,24)(H,25,26). The number of phenols is 1. The number of carbonyl (C=O) groups excluding carboxylic acids is 1. The Morgan fingerprint density at radius 2 is 1.85 bits per heavy atom. The molecule has 3 aromatic rings. The quantitative estimate of drug-likeness (QED) is 0.606. The van der Waals surface area contributed by atoms with Gasteiger partial charge in [-0.1, -0.05) is 12.1 Å². The van der Waals surface area contributed by atoms with Crippen LogP contribution in [0, 0.1) is 18.6 Å². The molecular weight excluding hydrogens is 376 g/mol. The van der Waals surface area contributed by atoms with Gasteiger partial charge in [0.2, 0.25) is 0 Å². The van der Waals surface area contributed by atoms with Crippen molar-refractivity contribution in [2.45, 2.75) is 6.92 Å². The minimum absolute atomic E-state index is 0.0730. The van der Waals surface area contributed by atoms with E-state index in [1.807, 2.05) is 0 Å². The van der Waals surface area contributed by atoms with E-state index in [0.29, 0.717) is 5.56 Å². The van der Waals surface area contributed by atoms with Gasteiger partial charge >= 0.3 is 5.97 Å². The molecular formula is C19H13F2NO4S. The summed E-state index contributed by atoms with van der Waals surface area (Å²) in [5, 5.41) is 23.0. The van der Waals surface area contributed by atoms with Crippen molar-refractivity contribution >= 4 is 28.9 Å². The topological polar surface area (TPSA) is 86.6 Å². The van der Waals surface area contributed by atoms with Gasteiger partial charge in [0.05, 0.1) is 16.1 Å². The summed E-state index contributed by atoms with van der Waals surface area (Å²) in [5.74, 6) is -4.01. The predicted octanol–water partition coefficient (Wildman–Crippen LogP) is 4.66. The lowest BCUT2D eigenvalue weighted by molar-refractivity contribution is 0.0699. The molecule has 0 aliphatic heterocycles. The van der Waals surface area contributed by atoms with E-state index >= 15 is 0 Å². The predicted molar refractivity (Wildman–Crippen MR) is 97.4 cm³/mol. The lowest BCUT2D eigenvalue weighted by atomic mass is 10.1. The molecule has 8 heteroatoms. The molecule has 0 radical (unpaired) electrons. The van der Waals surface area contributed by atoms with E-state index in [1.165, 1.54) is 17.5 Å². The first kappa shape index (κ1) is 18.5. The average Bonchev–Trinajstić information content (AvgIpc) is 3.00. The number of thiophene rings is 1. The SMILES string of the molecule is Cc1ccc(-c2scc(NC(=O)c3cc(F)ccc3O)c2C(=O)O)c(F)c1. The Bertz CT molecular complexity index is 1060. The third-order valence-electron chi connectivity index (χ3n) is 3.83. The smallest absolute Gasteiger partial charge is 0.339 e. The van der Waals surface area contributed by atoms with E-state index < -0.39 is 29.3 Å². The second-order valence-electron chi connectivity index (χ2n) is 5.76. The van der Waals surface area contributed by atoms with Crippen LogP contribution < -0.4 is 5.32 Å². The van der Waals surface area contributed by atoms with Crippen LogP contribution in [0.4, 0.5) is 14.5 Å². The minimum atomic E-state index is -1.36. The highest BCUT2D eigenvalue weighted by Gasteiger charge is 2.24.